The molecule has 1 heterocycles. The lowest BCUT2D eigenvalue weighted by Crippen LogP contribution is -2.36. The third-order valence-corrected chi connectivity index (χ3v) is 5.28. The number of hydrogen-bond acceptors (Lipinski definition) is 4. The third-order valence-electron chi connectivity index (χ3n) is 4.90. The molecule has 6 nitrogen and oxygen atoms in total. The molecule has 0 unspecified atom stereocenters. The minimum absolute atomic E-state index is 0.0367. The van der Waals surface area contributed by atoms with E-state index in [-0.39, 0.29) is 29.3 Å². The number of ether oxygens (including phenoxy) is 1. The van der Waals surface area contributed by atoms with Crippen LogP contribution in [-0.4, -0.2) is 34.3 Å². The van der Waals surface area contributed by atoms with Gasteiger partial charge in [0.2, 0.25) is 0 Å². The van der Waals surface area contributed by atoms with Crippen LogP contribution in [0.25, 0.3) is 0 Å². The molecule has 0 radical (unpaired) electrons. The van der Waals surface area contributed by atoms with Crippen molar-refractivity contribution in [3.63, 3.8) is 0 Å². The maximum absolute atomic E-state index is 12.5. The van der Waals surface area contributed by atoms with Gasteiger partial charge in [-0.3, -0.25) is 4.79 Å². The topological polar surface area (TPSA) is 73.2 Å². The molecule has 1 aromatic heterocycles. The van der Waals surface area contributed by atoms with Crippen molar-refractivity contribution in [1.82, 2.24) is 15.1 Å². The SMILES string of the molecule is Cc1nn(Cc2ccccc2)c(Cl)c1C(=O)OCC(=O)N[C@H](C)CCc1ccccc1. The van der Waals surface area contributed by atoms with Crippen LogP contribution in [0.1, 0.15) is 40.5 Å². The first kappa shape index (κ1) is 22.6. The van der Waals surface area contributed by atoms with E-state index in [0.29, 0.717) is 12.2 Å². The summed E-state index contributed by atoms with van der Waals surface area (Å²) in [5.41, 5.74) is 2.87. The van der Waals surface area contributed by atoms with Crippen molar-refractivity contribution < 1.29 is 14.3 Å². The molecule has 1 amide bonds. The number of carbonyl (C=O) groups excluding carboxylic acids is 2. The summed E-state index contributed by atoms with van der Waals surface area (Å²) in [7, 11) is 0. The molecule has 3 rings (SSSR count). The predicted octanol–water partition coefficient (Wildman–Crippen LogP) is 4.19. The Kier molecular flexibility index (Phi) is 7.84. The zero-order valence-corrected chi connectivity index (χ0v) is 18.4. The molecule has 1 N–H and O–H groups in total. The Morgan fingerprint density at radius 1 is 1.06 bits per heavy atom. The summed E-state index contributed by atoms with van der Waals surface area (Å²) in [5.74, 6) is -1.01. The molecule has 0 aliphatic carbocycles. The number of aromatic nitrogens is 2. The second-order valence-corrected chi connectivity index (χ2v) is 7.82. The number of nitrogens with zero attached hydrogens (tertiary/aromatic N) is 2. The van der Waals surface area contributed by atoms with Gasteiger partial charge in [-0.15, -0.1) is 0 Å². The van der Waals surface area contributed by atoms with Crippen LogP contribution in [0.5, 0.6) is 0 Å². The zero-order chi connectivity index (χ0) is 22.2. The van der Waals surface area contributed by atoms with Crippen molar-refractivity contribution in [2.45, 2.75) is 39.3 Å². The molecular weight excluding hydrogens is 414 g/mol. The highest BCUT2D eigenvalue weighted by Crippen LogP contribution is 2.22. The van der Waals surface area contributed by atoms with E-state index in [2.05, 4.69) is 22.5 Å². The van der Waals surface area contributed by atoms with Crippen molar-refractivity contribution >= 4 is 23.5 Å². The summed E-state index contributed by atoms with van der Waals surface area (Å²) in [6.45, 7) is 3.69. The molecule has 0 aliphatic rings. The minimum atomic E-state index is -0.658. The van der Waals surface area contributed by atoms with Crippen molar-refractivity contribution in [1.29, 1.82) is 0 Å². The molecule has 0 aliphatic heterocycles. The largest absolute Gasteiger partial charge is 0.452 e. The van der Waals surface area contributed by atoms with E-state index in [0.717, 1.165) is 18.4 Å². The van der Waals surface area contributed by atoms with Gasteiger partial charge in [0.15, 0.2) is 6.61 Å². The fourth-order valence-corrected chi connectivity index (χ4v) is 3.58. The van der Waals surface area contributed by atoms with Gasteiger partial charge in [0.1, 0.15) is 10.7 Å². The van der Waals surface area contributed by atoms with E-state index in [4.69, 9.17) is 16.3 Å². The highest BCUT2D eigenvalue weighted by Gasteiger charge is 2.22. The molecule has 3 aromatic rings. The van der Waals surface area contributed by atoms with Gasteiger partial charge >= 0.3 is 5.97 Å². The first-order chi connectivity index (χ1) is 14.9. The van der Waals surface area contributed by atoms with E-state index in [1.807, 2.05) is 55.5 Å². The summed E-state index contributed by atoms with van der Waals surface area (Å²) in [6, 6.07) is 19.7. The van der Waals surface area contributed by atoms with Crippen molar-refractivity contribution in [2.75, 3.05) is 6.61 Å². The highest BCUT2D eigenvalue weighted by atomic mass is 35.5. The quantitative estimate of drug-likeness (QED) is 0.507. The standard InChI is InChI=1S/C24H26ClN3O3/c1-17(13-14-19-9-5-3-6-10-19)26-21(29)16-31-24(30)22-18(2)27-28(23(22)25)15-20-11-7-4-8-12-20/h3-12,17H,13-16H2,1-2H3,(H,26,29)/t17-/m1/s1. The zero-order valence-electron chi connectivity index (χ0n) is 17.7. The van der Waals surface area contributed by atoms with Crippen LogP contribution >= 0.6 is 11.6 Å². The van der Waals surface area contributed by atoms with Crippen LogP contribution in [-0.2, 0) is 22.5 Å². The van der Waals surface area contributed by atoms with Crippen molar-refractivity contribution in [2.24, 2.45) is 0 Å². The predicted molar refractivity (Wildman–Crippen MR) is 120 cm³/mol. The number of amides is 1. The lowest BCUT2D eigenvalue weighted by Gasteiger charge is -2.14. The van der Waals surface area contributed by atoms with Gasteiger partial charge in [-0.2, -0.15) is 5.10 Å². The van der Waals surface area contributed by atoms with Gasteiger partial charge in [0.05, 0.1) is 12.2 Å². The number of rotatable bonds is 9. The Labute approximate surface area is 187 Å². The fraction of sp³-hybridized carbons (Fsp3) is 0.292. The minimum Gasteiger partial charge on any atom is -0.452 e. The Hall–Kier alpha value is -3.12. The third kappa shape index (κ3) is 6.43. The fourth-order valence-electron chi connectivity index (χ4n) is 3.27. The lowest BCUT2D eigenvalue weighted by molar-refractivity contribution is -0.124. The number of carbonyl (C=O) groups is 2. The van der Waals surface area contributed by atoms with Crippen LogP contribution in [0.2, 0.25) is 5.15 Å². The highest BCUT2D eigenvalue weighted by molar-refractivity contribution is 6.32. The van der Waals surface area contributed by atoms with E-state index < -0.39 is 5.97 Å². The Morgan fingerprint density at radius 2 is 1.68 bits per heavy atom. The molecule has 0 fully saturated rings. The first-order valence-corrected chi connectivity index (χ1v) is 10.6. The van der Waals surface area contributed by atoms with Gasteiger partial charge in [-0.25, -0.2) is 9.48 Å². The average Bonchev–Trinajstić information content (AvgIpc) is 3.05. The molecular formula is C24H26ClN3O3. The van der Waals surface area contributed by atoms with E-state index in [9.17, 15) is 9.59 Å². The maximum atomic E-state index is 12.5. The van der Waals surface area contributed by atoms with Crippen molar-refractivity contribution in [3.8, 4) is 0 Å². The summed E-state index contributed by atoms with van der Waals surface area (Å²) in [4.78, 5) is 24.7. The van der Waals surface area contributed by atoms with Crippen molar-refractivity contribution in [3.05, 3.63) is 88.2 Å². The summed E-state index contributed by atoms with van der Waals surface area (Å²) in [5, 5.41) is 7.39. The molecule has 0 saturated carbocycles. The molecule has 1 atom stereocenters. The van der Waals surface area contributed by atoms with Gasteiger partial charge < -0.3 is 10.1 Å². The summed E-state index contributed by atoms with van der Waals surface area (Å²) in [6.07, 6.45) is 1.65. The van der Waals surface area contributed by atoms with Gasteiger partial charge in [0.25, 0.3) is 5.91 Å². The maximum Gasteiger partial charge on any atom is 0.343 e. The van der Waals surface area contributed by atoms with Gasteiger partial charge in [0, 0.05) is 6.04 Å². The molecule has 2 aromatic carbocycles. The molecule has 162 valence electrons. The van der Waals surface area contributed by atoms with Crippen LogP contribution in [0.4, 0.5) is 0 Å². The van der Waals surface area contributed by atoms with E-state index in [1.165, 1.54) is 5.56 Å². The summed E-state index contributed by atoms with van der Waals surface area (Å²) < 4.78 is 6.74. The Balaban J connectivity index is 1.50. The molecule has 7 heteroatoms. The number of aryl methyl sites for hydroxylation is 2. The number of halogens is 1. The number of hydrogen-bond donors (Lipinski definition) is 1. The van der Waals surface area contributed by atoms with Crippen LogP contribution in [0.15, 0.2) is 60.7 Å². The van der Waals surface area contributed by atoms with Crippen LogP contribution in [0.3, 0.4) is 0 Å². The molecule has 0 spiro atoms. The summed E-state index contributed by atoms with van der Waals surface area (Å²) >= 11 is 6.37. The number of benzene rings is 2. The Morgan fingerprint density at radius 3 is 2.32 bits per heavy atom. The Bertz CT molecular complexity index is 1020. The van der Waals surface area contributed by atoms with Crippen LogP contribution in [0, 0.1) is 6.92 Å². The molecule has 0 saturated heterocycles. The number of esters is 1. The first-order valence-electron chi connectivity index (χ1n) is 10.2. The molecule has 0 bridgehead atoms. The van der Waals surface area contributed by atoms with E-state index in [1.54, 1.807) is 11.6 Å². The van der Waals surface area contributed by atoms with E-state index >= 15 is 0 Å². The normalized spacial score (nSPS) is 11.7. The second kappa shape index (κ2) is 10.8. The smallest absolute Gasteiger partial charge is 0.343 e. The van der Waals surface area contributed by atoms with Gasteiger partial charge in [-0.05, 0) is 37.8 Å². The monoisotopic (exact) mass is 439 g/mol. The number of nitrogens with one attached hydrogen (secondary N) is 1. The van der Waals surface area contributed by atoms with Crippen LogP contribution < -0.4 is 5.32 Å². The van der Waals surface area contributed by atoms with Gasteiger partial charge in [-0.1, -0.05) is 72.3 Å². The molecule has 31 heavy (non-hydrogen) atoms. The average molecular weight is 440 g/mol. The lowest BCUT2D eigenvalue weighted by atomic mass is 10.1. The second-order valence-electron chi connectivity index (χ2n) is 7.46.